The van der Waals surface area contributed by atoms with Crippen LogP contribution >= 0.6 is 0 Å². The molecule has 2 amide bonds. The molecule has 4 aromatic rings. The van der Waals surface area contributed by atoms with Crippen LogP contribution in [0.15, 0.2) is 84.9 Å². The fraction of sp³-hybridized carbons (Fsp3) is 0.278. The minimum atomic E-state index is -0.995. The highest BCUT2D eigenvalue weighted by Crippen LogP contribution is 2.30. The molecule has 1 N–H and O–H groups in total. The van der Waals surface area contributed by atoms with Crippen LogP contribution < -0.4 is 9.47 Å². The van der Waals surface area contributed by atoms with Gasteiger partial charge in [-0.15, -0.1) is 0 Å². The second-order valence-corrected chi connectivity index (χ2v) is 10.6. The Morgan fingerprint density at radius 1 is 0.822 bits per heavy atom. The minimum absolute atomic E-state index is 0.0312. The number of aliphatic carboxylic acids is 1. The van der Waals surface area contributed by atoms with E-state index >= 15 is 0 Å². The van der Waals surface area contributed by atoms with Crippen LogP contribution in [0.2, 0.25) is 0 Å². The van der Waals surface area contributed by atoms with Gasteiger partial charge in [0.2, 0.25) is 0 Å². The van der Waals surface area contributed by atoms with E-state index in [0.717, 1.165) is 17.0 Å². The smallest absolute Gasteiger partial charge is 0.305 e. The van der Waals surface area contributed by atoms with E-state index in [4.69, 9.17) is 9.47 Å². The lowest BCUT2D eigenvalue weighted by molar-refractivity contribution is -0.137. The molecule has 1 heterocycles. The Morgan fingerprint density at radius 3 is 2.11 bits per heavy atom. The molecule has 234 valence electrons. The molecule has 0 spiro atoms. The number of nitrogens with zero attached hydrogens (tertiary/aromatic N) is 3. The molecule has 9 heteroatoms. The van der Waals surface area contributed by atoms with Gasteiger partial charge in [0.15, 0.2) is 11.5 Å². The zero-order valence-corrected chi connectivity index (χ0v) is 26.2. The van der Waals surface area contributed by atoms with Gasteiger partial charge in [-0.1, -0.05) is 48.5 Å². The van der Waals surface area contributed by atoms with E-state index in [-0.39, 0.29) is 31.3 Å². The molecule has 0 saturated heterocycles. The molecule has 0 unspecified atom stereocenters. The summed E-state index contributed by atoms with van der Waals surface area (Å²) in [6, 6.07) is 25.6. The molecule has 4 rings (SSSR count). The summed E-state index contributed by atoms with van der Waals surface area (Å²) in [5.74, 6) is -0.295. The minimum Gasteiger partial charge on any atom is -0.493 e. The van der Waals surface area contributed by atoms with Crippen molar-refractivity contribution in [3.63, 3.8) is 0 Å². The summed E-state index contributed by atoms with van der Waals surface area (Å²) in [7, 11) is 3.30. The number of carbonyl (C=O) groups is 3. The number of aryl methyl sites for hydroxylation is 1. The van der Waals surface area contributed by atoms with Crippen molar-refractivity contribution in [1.82, 2.24) is 14.8 Å². The molecular weight excluding hydrogens is 570 g/mol. The monoisotopic (exact) mass is 609 g/mol. The highest BCUT2D eigenvalue weighted by atomic mass is 16.5. The molecule has 9 nitrogen and oxygen atoms in total. The molecule has 0 atom stereocenters. The van der Waals surface area contributed by atoms with E-state index in [9.17, 15) is 19.5 Å². The van der Waals surface area contributed by atoms with Gasteiger partial charge >= 0.3 is 5.97 Å². The maximum Gasteiger partial charge on any atom is 0.305 e. The number of ether oxygens (including phenoxy) is 2. The molecule has 0 aliphatic carbocycles. The standard InChI is InChI=1S/C36H39N3O6/c1-5-45-32-18-17-26(23-33(32)44-4)19-21-39(22-20-34(40)41)36(43)31-16-9-7-14-29(31)28-13-6-8-15-30(28)35(42)38(3)24-27-12-10-11-25(2)37-27/h6-18,23H,5,19-22,24H2,1-4H3,(H,40,41). The maximum absolute atomic E-state index is 14.1. The Bertz CT molecular complexity index is 1650. The predicted molar refractivity (Wildman–Crippen MR) is 173 cm³/mol. The lowest BCUT2D eigenvalue weighted by Crippen LogP contribution is -2.35. The Kier molecular flexibility index (Phi) is 11.3. The molecule has 0 radical (unpaired) electrons. The van der Waals surface area contributed by atoms with Gasteiger partial charge in [0.1, 0.15) is 0 Å². The largest absolute Gasteiger partial charge is 0.493 e. The van der Waals surface area contributed by atoms with Gasteiger partial charge in [-0.3, -0.25) is 19.4 Å². The van der Waals surface area contributed by atoms with Gasteiger partial charge in [-0.05, 0) is 73.4 Å². The normalized spacial score (nSPS) is 10.7. The van der Waals surface area contributed by atoms with Crippen LogP contribution in [-0.2, 0) is 17.8 Å². The van der Waals surface area contributed by atoms with Gasteiger partial charge in [-0.2, -0.15) is 0 Å². The number of pyridine rings is 1. The Balaban J connectivity index is 1.62. The summed E-state index contributed by atoms with van der Waals surface area (Å²) in [6.45, 7) is 4.94. The van der Waals surface area contributed by atoms with Crippen LogP contribution in [0.3, 0.4) is 0 Å². The highest BCUT2D eigenvalue weighted by molar-refractivity contribution is 6.06. The van der Waals surface area contributed by atoms with Gasteiger partial charge < -0.3 is 24.4 Å². The van der Waals surface area contributed by atoms with Crippen LogP contribution in [0.4, 0.5) is 0 Å². The number of aromatic nitrogens is 1. The third kappa shape index (κ3) is 8.47. The first-order valence-electron chi connectivity index (χ1n) is 14.9. The Labute approximate surface area is 264 Å². The summed E-state index contributed by atoms with van der Waals surface area (Å²) in [4.78, 5) is 47.0. The van der Waals surface area contributed by atoms with Gasteiger partial charge in [0.25, 0.3) is 11.8 Å². The topological polar surface area (TPSA) is 109 Å². The number of benzene rings is 3. The highest BCUT2D eigenvalue weighted by Gasteiger charge is 2.24. The number of amides is 2. The molecule has 0 aliphatic heterocycles. The van der Waals surface area contributed by atoms with Crippen LogP contribution in [-0.4, -0.2) is 71.5 Å². The number of carboxylic acids is 1. The molecule has 0 saturated carbocycles. The van der Waals surface area contributed by atoms with Gasteiger partial charge in [0, 0.05) is 37.0 Å². The number of carboxylic acid groups (broad SMARTS) is 1. The van der Waals surface area contributed by atoms with Crippen molar-refractivity contribution in [1.29, 1.82) is 0 Å². The molecule has 0 fully saturated rings. The average Bonchev–Trinajstić information content (AvgIpc) is 3.04. The van der Waals surface area contributed by atoms with Crippen molar-refractivity contribution in [3.05, 3.63) is 113 Å². The summed E-state index contributed by atoms with van der Waals surface area (Å²) >= 11 is 0. The number of hydrogen-bond acceptors (Lipinski definition) is 6. The molecule has 0 bridgehead atoms. The first kappa shape index (κ1) is 32.7. The van der Waals surface area contributed by atoms with Crippen molar-refractivity contribution < 1.29 is 29.0 Å². The van der Waals surface area contributed by atoms with E-state index in [2.05, 4.69) is 4.98 Å². The van der Waals surface area contributed by atoms with Crippen molar-refractivity contribution in [2.24, 2.45) is 0 Å². The molecular formula is C36H39N3O6. The van der Waals surface area contributed by atoms with E-state index in [1.165, 1.54) is 0 Å². The van der Waals surface area contributed by atoms with E-state index < -0.39 is 5.97 Å². The first-order valence-corrected chi connectivity index (χ1v) is 14.9. The van der Waals surface area contributed by atoms with E-state index in [0.29, 0.717) is 53.3 Å². The third-order valence-electron chi connectivity index (χ3n) is 7.38. The van der Waals surface area contributed by atoms with E-state index in [1.807, 2.05) is 74.5 Å². The molecule has 3 aromatic carbocycles. The van der Waals surface area contributed by atoms with Crippen LogP contribution in [0.5, 0.6) is 11.5 Å². The second-order valence-electron chi connectivity index (χ2n) is 10.6. The first-order chi connectivity index (χ1) is 21.7. The number of methoxy groups -OCH3 is 1. The molecule has 45 heavy (non-hydrogen) atoms. The van der Waals surface area contributed by atoms with Crippen LogP contribution in [0, 0.1) is 6.92 Å². The number of carbonyl (C=O) groups excluding carboxylic acids is 2. The van der Waals surface area contributed by atoms with Crippen LogP contribution in [0.25, 0.3) is 11.1 Å². The fourth-order valence-corrected chi connectivity index (χ4v) is 5.14. The quantitative estimate of drug-likeness (QED) is 0.190. The van der Waals surface area contributed by atoms with Crippen molar-refractivity contribution in [2.45, 2.75) is 33.2 Å². The number of hydrogen-bond donors (Lipinski definition) is 1. The van der Waals surface area contributed by atoms with Crippen molar-refractivity contribution >= 4 is 17.8 Å². The van der Waals surface area contributed by atoms with E-state index in [1.54, 1.807) is 48.2 Å². The molecule has 0 aliphatic rings. The lowest BCUT2D eigenvalue weighted by atomic mass is 9.94. The van der Waals surface area contributed by atoms with Crippen LogP contribution in [0.1, 0.15) is 51.0 Å². The van der Waals surface area contributed by atoms with Crippen molar-refractivity contribution in [2.75, 3.05) is 33.9 Å². The molecule has 1 aromatic heterocycles. The maximum atomic E-state index is 14.1. The summed E-state index contributed by atoms with van der Waals surface area (Å²) in [5.41, 5.74) is 4.61. The summed E-state index contributed by atoms with van der Waals surface area (Å²) < 4.78 is 11.1. The average molecular weight is 610 g/mol. The Hall–Kier alpha value is -5.18. The fourth-order valence-electron chi connectivity index (χ4n) is 5.14. The second kappa shape index (κ2) is 15.5. The van der Waals surface area contributed by atoms with Crippen molar-refractivity contribution in [3.8, 4) is 22.6 Å². The zero-order chi connectivity index (χ0) is 32.3. The number of rotatable bonds is 14. The predicted octanol–water partition coefficient (Wildman–Crippen LogP) is 5.90. The SMILES string of the molecule is CCOc1ccc(CCN(CCC(=O)O)C(=O)c2ccccc2-c2ccccc2C(=O)N(C)Cc2cccc(C)n2)cc1OC. The summed E-state index contributed by atoms with van der Waals surface area (Å²) in [5, 5.41) is 9.44. The van der Waals surface area contributed by atoms with Gasteiger partial charge in [0.05, 0.1) is 32.4 Å². The summed E-state index contributed by atoms with van der Waals surface area (Å²) in [6.07, 6.45) is 0.274. The lowest BCUT2D eigenvalue weighted by Gasteiger charge is -2.24. The zero-order valence-electron chi connectivity index (χ0n) is 26.2. The third-order valence-corrected chi connectivity index (χ3v) is 7.38. The Morgan fingerprint density at radius 2 is 1.49 bits per heavy atom. The van der Waals surface area contributed by atoms with Gasteiger partial charge in [-0.25, -0.2) is 0 Å².